The summed E-state index contributed by atoms with van der Waals surface area (Å²) in [5, 5.41) is 0.119. The van der Waals surface area contributed by atoms with E-state index < -0.39 is 5.97 Å². The third kappa shape index (κ3) is 11.8. The molecule has 0 atom stereocenters. The van der Waals surface area contributed by atoms with Crippen molar-refractivity contribution in [1.82, 2.24) is 0 Å². The third-order valence-electron chi connectivity index (χ3n) is 2.26. The normalized spacial score (nSPS) is 9.90. The van der Waals surface area contributed by atoms with Gasteiger partial charge in [-0.25, -0.2) is 4.79 Å². The second-order valence-electron chi connectivity index (χ2n) is 4.29. The van der Waals surface area contributed by atoms with Crippen LogP contribution in [0.2, 0.25) is 0 Å². The van der Waals surface area contributed by atoms with Gasteiger partial charge in [-0.2, -0.15) is 0 Å². The summed E-state index contributed by atoms with van der Waals surface area (Å²) in [6.07, 6.45) is 2.88. The predicted molar refractivity (Wildman–Crippen MR) is 78.3 cm³/mol. The van der Waals surface area contributed by atoms with Crippen molar-refractivity contribution in [3.05, 3.63) is 12.2 Å². The lowest BCUT2D eigenvalue weighted by molar-refractivity contribution is -0.150. The molecule has 0 aromatic heterocycles. The summed E-state index contributed by atoms with van der Waals surface area (Å²) in [5.74, 6) is 0.0148. The van der Waals surface area contributed by atoms with Gasteiger partial charge in [0.15, 0.2) is 5.12 Å². The van der Waals surface area contributed by atoms with Crippen LogP contribution in [0.3, 0.4) is 0 Å². The third-order valence-corrected chi connectivity index (χ3v) is 3.16. The predicted octanol–water partition coefficient (Wildman–Crippen LogP) is 2.49. The number of unbranched alkanes of at least 4 members (excludes halogenated alkanes) is 2. The number of ether oxygens (including phenoxy) is 2. The second-order valence-corrected chi connectivity index (χ2v) is 5.56. The summed E-state index contributed by atoms with van der Waals surface area (Å²) in [5.41, 5.74) is 0.319. The molecule has 0 radical (unpaired) electrons. The average molecular weight is 302 g/mol. The van der Waals surface area contributed by atoms with E-state index in [0.29, 0.717) is 12.0 Å². The average Bonchev–Trinajstić information content (AvgIpc) is 2.37. The molecule has 0 saturated carbocycles. The van der Waals surface area contributed by atoms with Crippen molar-refractivity contribution >= 4 is 28.8 Å². The second kappa shape index (κ2) is 11.5. The topological polar surface area (TPSA) is 69.7 Å². The van der Waals surface area contributed by atoms with E-state index in [9.17, 15) is 14.4 Å². The zero-order valence-electron chi connectivity index (χ0n) is 12.1. The van der Waals surface area contributed by atoms with Crippen LogP contribution in [-0.2, 0) is 23.9 Å². The molecule has 0 heterocycles. The van der Waals surface area contributed by atoms with Gasteiger partial charge in [0.05, 0.1) is 0 Å². The van der Waals surface area contributed by atoms with Crippen LogP contribution in [0.4, 0.5) is 0 Å². The Labute approximate surface area is 124 Å². The van der Waals surface area contributed by atoms with E-state index >= 15 is 0 Å². The molecule has 0 saturated heterocycles. The van der Waals surface area contributed by atoms with E-state index in [0.717, 1.165) is 25.0 Å². The van der Waals surface area contributed by atoms with Crippen LogP contribution in [0.1, 0.15) is 39.5 Å². The maximum absolute atomic E-state index is 11.3. The van der Waals surface area contributed by atoms with E-state index in [4.69, 9.17) is 9.47 Å². The minimum Gasteiger partial charge on any atom is -0.462 e. The Balaban J connectivity index is 3.39. The standard InChI is InChI=1S/C14H22O5S/c1-11(2)14(17)19-9-8-18-13(16)7-5-4-6-10-20-12(3)15/h1,4-10H2,2-3H3. The number of hydrogen-bond acceptors (Lipinski definition) is 6. The first-order chi connectivity index (χ1) is 9.43. The highest BCUT2D eigenvalue weighted by molar-refractivity contribution is 8.13. The van der Waals surface area contributed by atoms with Crippen molar-refractivity contribution in [2.24, 2.45) is 0 Å². The molecule has 0 aliphatic rings. The molecule has 114 valence electrons. The Morgan fingerprint density at radius 1 is 1.00 bits per heavy atom. The first kappa shape index (κ1) is 18.7. The molecule has 0 aromatic rings. The van der Waals surface area contributed by atoms with Crippen LogP contribution in [0.5, 0.6) is 0 Å². The molecular formula is C14H22O5S. The van der Waals surface area contributed by atoms with Gasteiger partial charge in [0.25, 0.3) is 0 Å². The molecule has 0 aromatic carbocycles. The molecule has 0 fully saturated rings. The van der Waals surface area contributed by atoms with Crippen LogP contribution in [0, 0.1) is 0 Å². The van der Waals surface area contributed by atoms with Crippen molar-refractivity contribution in [3.63, 3.8) is 0 Å². The van der Waals surface area contributed by atoms with Crippen LogP contribution < -0.4 is 0 Å². The Morgan fingerprint density at radius 2 is 1.65 bits per heavy atom. The van der Waals surface area contributed by atoms with Gasteiger partial charge in [-0.1, -0.05) is 24.8 Å². The van der Waals surface area contributed by atoms with E-state index in [1.165, 1.54) is 11.8 Å². The molecule has 0 unspecified atom stereocenters. The van der Waals surface area contributed by atoms with Crippen molar-refractivity contribution in [2.45, 2.75) is 39.5 Å². The number of thioether (sulfide) groups is 1. The van der Waals surface area contributed by atoms with Crippen molar-refractivity contribution < 1.29 is 23.9 Å². The summed E-state index contributed by atoms with van der Waals surface area (Å²) < 4.78 is 9.70. The molecule has 0 rings (SSSR count). The Kier molecular flexibility index (Phi) is 10.8. The lowest BCUT2D eigenvalue weighted by Gasteiger charge is -2.06. The molecule has 0 spiro atoms. The molecular weight excluding hydrogens is 280 g/mol. The summed E-state index contributed by atoms with van der Waals surface area (Å²) in [7, 11) is 0. The van der Waals surface area contributed by atoms with E-state index in [1.807, 2.05) is 0 Å². The maximum atomic E-state index is 11.3. The van der Waals surface area contributed by atoms with Crippen LogP contribution >= 0.6 is 11.8 Å². The summed E-state index contributed by atoms with van der Waals surface area (Å²) in [4.78, 5) is 33.0. The van der Waals surface area contributed by atoms with Gasteiger partial charge in [0.2, 0.25) is 0 Å². The maximum Gasteiger partial charge on any atom is 0.333 e. The minimum atomic E-state index is -0.482. The van der Waals surface area contributed by atoms with Crippen molar-refractivity contribution in [3.8, 4) is 0 Å². The number of hydrogen-bond donors (Lipinski definition) is 0. The van der Waals surface area contributed by atoms with Gasteiger partial charge in [0.1, 0.15) is 13.2 Å². The smallest absolute Gasteiger partial charge is 0.333 e. The zero-order valence-corrected chi connectivity index (χ0v) is 12.9. The quantitative estimate of drug-likeness (QED) is 0.351. The lowest BCUT2D eigenvalue weighted by atomic mass is 10.2. The molecule has 0 amide bonds. The van der Waals surface area contributed by atoms with E-state index in [2.05, 4.69) is 6.58 Å². The Hall–Kier alpha value is -1.30. The van der Waals surface area contributed by atoms with Gasteiger partial charge in [0, 0.05) is 24.7 Å². The fraction of sp³-hybridized carbons (Fsp3) is 0.643. The molecule has 20 heavy (non-hydrogen) atoms. The van der Waals surface area contributed by atoms with Crippen molar-refractivity contribution in [2.75, 3.05) is 19.0 Å². The van der Waals surface area contributed by atoms with Crippen LogP contribution in [-0.4, -0.2) is 36.0 Å². The lowest BCUT2D eigenvalue weighted by Crippen LogP contribution is -2.14. The molecule has 0 aliphatic heterocycles. The Bertz CT molecular complexity index is 351. The fourth-order valence-corrected chi connectivity index (χ4v) is 1.89. The minimum absolute atomic E-state index is 0.0483. The van der Waals surface area contributed by atoms with Crippen LogP contribution in [0.25, 0.3) is 0 Å². The zero-order chi connectivity index (χ0) is 15.4. The molecule has 6 heteroatoms. The highest BCUT2D eigenvalue weighted by Crippen LogP contribution is 2.08. The van der Waals surface area contributed by atoms with Gasteiger partial charge < -0.3 is 9.47 Å². The summed E-state index contributed by atoms with van der Waals surface area (Å²) in [6.45, 7) is 6.65. The number of rotatable bonds is 10. The van der Waals surface area contributed by atoms with Gasteiger partial charge >= 0.3 is 11.9 Å². The Morgan fingerprint density at radius 3 is 2.25 bits per heavy atom. The van der Waals surface area contributed by atoms with Crippen molar-refractivity contribution in [1.29, 1.82) is 0 Å². The van der Waals surface area contributed by atoms with E-state index in [1.54, 1.807) is 13.8 Å². The van der Waals surface area contributed by atoms with Gasteiger partial charge in [-0.05, 0) is 19.8 Å². The summed E-state index contributed by atoms with van der Waals surface area (Å²) in [6, 6.07) is 0. The van der Waals surface area contributed by atoms with E-state index in [-0.39, 0.29) is 24.3 Å². The van der Waals surface area contributed by atoms with Crippen LogP contribution in [0.15, 0.2) is 12.2 Å². The SMILES string of the molecule is C=C(C)C(=O)OCCOC(=O)CCCCCSC(C)=O. The molecule has 0 bridgehead atoms. The largest absolute Gasteiger partial charge is 0.462 e. The first-order valence-electron chi connectivity index (χ1n) is 6.55. The molecule has 0 N–H and O–H groups in total. The van der Waals surface area contributed by atoms with Gasteiger partial charge in [-0.3, -0.25) is 9.59 Å². The number of carbonyl (C=O) groups is 3. The summed E-state index contributed by atoms with van der Waals surface area (Å²) >= 11 is 1.30. The molecule has 5 nitrogen and oxygen atoms in total. The highest BCUT2D eigenvalue weighted by Gasteiger charge is 2.05. The number of carbonyl (C=O) groups excluding carboxylic acids is 3. The molecule has 0 aliphatic carbocycles. The van der Waals surface area contributed by atoms with Gasteiger partial charge in [-0.15, -0.1) is 0 Å². The number of esters is 2. The fourth-order valence-electron chi connectivity index (χ4n) is 1.25. The monoisotopic (exact) mass is 302 g/mol. The first-order valence-corrected chi connectivity index (χ1v) is 7.53. The highest BCUT2D eigenvalue weighted by atomic mass is 32.2.